The molecule has 8 heteroatoms. The Labute approximate surface area is 195 Å². The van der Waals surface area contributed by atoms with Crippen LogP contribution in [0, 0.1) is 0 Å². The smallest absolute Gasteiger partial charge is 0.377 e. The second-order valence-corrected chi connectivity index (χ2v) is 13.9. The van der Waals surface area contributed by atoms with E-state index in [2.05, 4.69) is 48.5 Å². The molecule has 2 aromatic carbocycles. The molecule has 0 unspecified atom stereocenters. The minimum atomic E-state index is -2.49. The summed E-state index contributed by atoms with van der Waals surface area (Å²) in [6.45, 7) is 0. The molecule has 0 aliphatic heterocycles. The molecule has 0 amide bonds. The molecule has 0 atom stereocenters. The van der Waals surface area contributed by atoms with E-state index >= 15 is 0 Å². The molecule has 2 aromatic rings. The lowest BCUT2D eigenvalue weighted by molar-refractivity contribution is 0.122. The zero-order valence-corrected chi connectivity index (χ0v) is 22.3. The molecule has 0 saturated heterocycles. The maximum absolute atomic E-state index is 5.50. The van der Waals surface area contributed by atoms with Crippen LogP contribution in [0.25, 0.3) is 11.1 Å². The lowest BCUT2D eigenvalue weighted by Crippen LogP contribution is -2.42. The van der Waals surface area contributed by atoms with Gasteiger partial charge in [0.15, 0.2) is 0 Å². The van der Waals surface area contributed by atoms with Crippen molar-refractivity contribution in [3.8, 4) is 11.1 Å². The number of hydrogen-bond donors (Lipinski definition) is 0. The third-order valence-electron chi connectivity index (χ3n) is 6.00. The van der Waals surface area contributed by atoms with Gasteiger partial charge in [0.2, 0.25) is 0 Å². The van der Waals surface area contributed by atoms with E-state index in [1.165, 1.54) is 22.3 Å². The molecule has 0 heterocycles. The fourth-order valence-electron chi connectivity index (χ4n) is 3.86. The van der Waals surface area contributed by atoms with Crippen LogP contribution in [-0.4, -0.2) is 60.3 Å². The van der Waals surface area contributed by atoms with Crippen molar-refractivity contribution in [1.82, 2.24) is 0 Å². The van der Waals surface area contributed by atoms with E-state index in [-0.39, 0.29) is 0 Å². The van der Waals surface area contributed by atoms with Gasteiger partial charge >= 0.3 is 17.6 Å². The van der Waals surface area contributed by atoms with Crippen molar-refractivity contribution >= 4 is 17.6 Å². The number of hydrogen-bond acceptors (Lipinski definition) is 6. The van der Waals surface area contributed by atoms with Gasteiger partial charge in [-0.15, -0.1) is 0 Å². The van der Waals surface area contributed by atoms with Gasteiger partial charge in [-0.3, -0.25) is 0 Å². The lowest BCUT2D eigenvalue weighted by Gasteiger charge is -2.24. The molecular weight excluding hydrogens is 440 g/mol. The van der Waals surface area contributed by atoms with Gasteiger partial charge in [-0.05, 0) is 47.9 Å². The van der Waals surface area contributed by atoms with Crippen LogP contribution in [0.15, 0.2) is 48.5 Å². The van der Waals surface area contributed by atoms with Gasteiger partial charge < -0.3 is 26.6 Å². The minimum Gasteiger partial charge on any atom is -0.377 e. The van der Waals surface area contributed by atoms with E-state index < -0.39 is 17.6 Å². The summed E-state index contributed by atoms with van der Waals surface area (Å²) in [5.74, 6) is 0. The first-order chi connectivity index (χ1) is 15.5. The van der Waals surface area contributed by atoms with Gasteiger partial charge in [-0.25, -0.2) is 0 Å². The fraction of sp³-hybridized carbons (Fsp3) is 0.500. The van der Waals surface area contributed by atoms with E-state index in [1.807, 2.05) is 0 Å². The molecule has 0 aliphatic carbocycles. The molecule has 2 rings (SSSR count). The van der Waals surface area contributed by atoms with Crippen molar-refractivity contribution < 1.29 is 26.6 Å². The van der Waals surface area contributed by atoms with E-state index in [9.17, 15) is 0 Å². The van der Waals surface area contributed by atoms with Crippen LogP contribution >= 0.6 is 0 Å². The third kappa shape index (κ3) is 7.33. The van der Waals surface area contributed by atoms with Crippen LogP contribution in [0.1, 0.15) is 24.0 Å². The molecule has 0 radical (unpaired) electrons. The Balaban J connectivity index is 1.88. The summed E-state index contributed by atoms with van der Waals surface area (Å²) in [6, 6.07) is 19.2. The molecule has 0 saturated carbocycles. The Morgan fingerprint density at radius 3 is 1.00 bits per heavy atom. The minimum absolute atomic E-state index is 0.808. The van der Waals surface area contributed by atoms with Crippen LogP contribution in [0.3, 0.4) is 0 Å². The monoisotopic (exact) mass is 478 g/mol. The highest BCUT2D eigenvalue weighted by atomic mass is 28.4. The SMILES string of the molecule is CO[Si](CCCc1ccc(-c2ccc(CCC[Si](OC)(OC)OC)cc2)cc1)(OC)OC. The largest absolute Gasteiger partial charge is 0.500 e. The lowest BCUT2D eigenvalue weighted by atomic mass is 10.0. The molecule has 6 nitrogen and oxygen atoms in total. The van der Waals surface area contributed by atoms with Gasteiger partial charge in [0.05, 0.1) is 0 Å². The molecular formula is C24H38O6Si2. The van der Waals surface area contributed by atoms with E-state index in [1.54, 1.807) is 42.7 Å². The summed E-state index contributed by atoms with van der Waals surface area (Å²) in [7, 11) is 4.99. The maximum Gasteiger partial charge on any atom is 0.500 e. The fourth-order valence-corrected chi connectivity index (χ4v) is 7.30. The summed E-state index contributed by atoms with van der Waals surface area (Å²) in [6.07, 6.45) is 3.88. The zero-order valence-electron chi connectivity index (χ0n) is 20.3. The van der Waals surface area contributed by atoms with E-state index in [4.69, 9.17) is 26.6 Å². The number of benzene rings is 2. The van der Waals surface area contributed by atoms with Crippen molar-refractivity contribution in [2.45, 2.75) is 37.8 Å². The average Bonchev–Trinajstić information content (AvgIpc) is 2.86. The Morgan fingerprint density at radius 2 is 0.750 bits per heavy atom. The maximum atomic E-state index is 5.50. The highest BCUT2D eigenvalue weighted by Crippen LogP contribution is 2.23. The van der Waals surface area contributed by atoms with Crippen molar-refractivity contribution in [2.75, 3.05) is 42.7 Å². The Morgan fingerprint density at radius 1 is 0.469 bits per heavy atom. The van der Waals surface area contributed by atoms with Crippen molar-refractivity contribution in [3.63, 3.8) is 0 Å². The topological polar surface area (TPSA) is 55.4 Å². The predicted octanol–water partition coefficient (Wildman–Crippen LogP) is 4.98. The van der Waals surface area contributed by atoms with E-state index in [0.717, 1.165) is 37.8 Å². The molecule has 0 spiro atoms. The summed E-state index contributed by atoms with van der Waals surface area (Å²) in [5.41, 5.74) is 5.05. The number of rotatable bonds is 15. The van der Waals surface area contributed by atoms with Crippen LogP contribution in [0.4, 0.5) is 0 Å². The molecule has 0 aromatic heterocycles. The van der Waals surface area contributed by atoms with Gasteiger partial charge in [-0.2, -0.15) is 0 Å². The molecule has 0 fully saturated rings. The molecule has 178 valence electrons. The summed E-state index contributed by atoms with van der Waals surface area (Å²) < 4.78 is 33.0. The Bertz CT molecular complexity index is 690. The molecule has 0 bridgehead atoms. The van der Waals surface area contributed by atoms with Crippen molar-refractivity contribution in [3.05, 3.63) is 59.7 Å². The van der Waals surface area contributed by atoms with Crippen LogP contribution in [0.2, 0.25) is 12.1 Å². The quantitative estimate of drug-likeness (QED) is 0.337. The molecule has 0 N–H and O–H groups in total. The second kappa shape index (κ2) is 13.4. The molecule has 32 heavy (non-hydrogen) atoms. The summed E-state index contributed by atoms with van der Waals surface area (Å²) in [4.78, 5) is 0. The molecule has 0 aliphatic rings. The Hall–Kier alpha value is -1.37. The summed E-state index contributed by atoms with van der Waals surface area (Å²) in [5, 5.41) is 0. The normalized spacial score (nSPS) is 12.3. The van der Waals surface area contributed by atoms with Crippen molar-refractivity contribution in [2.24, 2.45) is 0 Å². The van der Waals surface area contributed by atoms with Crippen molar-refractivity contribution in [1.29, 1.82) is 0 Å². The first kappa shape index (κ1) is 26.9. The van der Waals surface area contributed by atoms with Gasteiger partial charge in [0, 0.05) is 54.7 Å². The summed E-state index contributed by atoms with van der Waals surface area (Å²) >= 11 is 0. The highest BCUT2D eigenvalue weighted by Gasteiger charge is 2.37. The Kier molecular flexibility index (Phi) is 11.2. The van der Waals surface area contributed by atoms with Crippen LogP contribution in [-0.2, 0) is 39.4 Å². The van der Waals surface area contributed by atoms with Crippen LogP contribution in [0.5, 0.6) is 0 Å². The number of aryl methyl sites for hydroxylation is 2. The van der Waals surface area contributed by atoms with Crippen LogP contribution < -0.4 is 0 Å². The van der Waals surface area contributed by atoms with Gasteiger partial charge in [0.1, 0.15) is 0 Å². The standard InChI is InChI=1S/C24H38O6Si2/c1-25-31(26-2,27-3)19-7-9-21-11-15-23(16-12-21)24-17-13-22(14-18-24)10-8-20-32(28-4,29-5)30-6/h11-18H,7-10,19-20H2,1-6H3. The second-order valence-electron chi connectivity index (χ2n) is 7.69. The van der Waals surface area contributed by atoms with E-state index in [0.29, 0.717) is 0 Å². The first-order valence-electron chi connectivity index (χ1n) is 11.0. The highest BCUT2D eigenvalue weighted by molar-refractivity contribution is 6.60. The average molecular weight is 479 g/mol. The predicted molar refractivity (Wildman–Crippen MR) is 132 cm³/mol. The third-order valence-corrected chi connectivity index (χ3v) is 11.7. The zero-order chi connectivity index (χ0) is 23.5. The first-order valence-corrected chi connectivity index (χ1v) is 14.8. The van der Waals surface area contributed by atoms with Gasteiger partial charge in [0.25, 0.3) is 0 Å². The van der Waals surface area contributed by atoms with Gasteiger partial charge in [-0.1, -0.05) is 48.5 Å².